The summed E-state index contributed by atoms with van der Waals surface area (Å²) in [5.74, 6) is 0. The molecule has 3 heteroatoms. The van der Waals surface area contributed by atoms with Crippen molar-refractivity contribution in [1.82, 2.24) is 4.57 Å². The molecule has 0 saturated heterocycles. The molecule has 46 heavy (non-hydrogen) atoms. The van der Waals surface area contributed by atoms with E-state index in [9.17, 15) is 5.26 Å². The van der Waals surface area contributed by atoms with Crippen molar-refractivity contribution in [2.75, 3.05) is 0 Å². The maximum Gasteiger partial charge on any atom is 0.180 e. The third-order valence-electron chi connectivity index (χ3n) is 9.20. The lowest BCUT2D eigenvalue weighted by Gasteiger charge is -2.36. The van der Waals surface area contributed by atoms with Gasteiger partial charge in [-0.2, -0.15) is 5.26 Å². The molecule has 0 aliphatic carbocycles. The van der Waals surface area contributed by atoms with Crippen molar-refractivity contribution in [1.29, 1.82) is 5.26 Å². The van der Waals surface area contributed by atoms with Crippen LogP contribution >= 0.6 is 0 Å². The average Bonchev–Trinajstić information content (AvgIpc) is 3.47. The molecule has 0 atom stereocenters. The van der Waals surface area contributed by atoms with Gasteiger partial charge in [0.15, 0.2) is 8.07 Å². The molecule has 1 aromatic heterocycles. The van der Waals surface area contributed by atoms with Gasteiger partial charge in [-0.3, -0.25) is 0 Å². The summed E-state index contributed by atoms with van der Waals surface area (Å²) < 4.78 is 2.34. The third-order valence-corrected chi connectivity index (χ3v) is 14.0. The second kappa shape index (κ2) is 11.5. The summed E-state index contributed by atoms with van der Waals surface area (Å²) >= 11 is 0. The second-order valence-electron chi connectivity index (χ2n) is 11.6. The summed E-state index contributed by atoms with van der Waals surface area (Å²) in [4.78, 5) is 0. The first kappa shape index (κ1) is 27.6. The van der Waals surface area contributed by atoms with Crippen LogP contribution in [0.3, 0.4) is 0 Å². The van der Waals surface area contributed by atoms with Gasteiger partial charge in [0.2, 0.25) is 0 Å². The van der Waals surface area contributed by atoms with E-state index in [0.29, 0.717) is 5.56 Å². The Bertz CT molecular complexity index is 2220. The summed E-state index contributed by atoms with van der Waals surface area (Å²) in [6.45, 7) is 0. The van der Waals surface area contributed by atoms with Crippen LogP contribution in [0.25, 0.3) is 38.6 Å². The predicted octanol–water partition coefficient (Wildman–Crippen LogP) is 7.70. The number of aromatic nitrogens is 1. The van der Waals surface area contributed by atoms with Crippen LogP contribution in [0.15, 0.2) is 182 Å². The highest BCUT2D eigenvalue weighted by Crippen LogP contribution is 2.37. The van der Waals surface area contributed by atoms with Crippen molar-refractivity contribution >= 4 is 50.6 Å². The van der Waals surface area contributed by atoms with Crippen molar-refractivity contribution in [3.05, 3.63) is 188 Å². The normalized spacial score (nSPS) is 11.5. The Morgan fingerprint density at radius 3 is 1.41 bits per heavy atom. The predicted molar refractivity (Wildman–Crippen MR) is 195 cm³/mol. The first-order valence-electron chi connectivity index (χ1n) is 15.6. The van der Waals surface area contributed by atoms with E-state index in [-0.39, 0.29) is 0 Å². The summed E-state index contributed by atoms with van der Waals surface area (Å²) in [5.41, 5.74) is 5.93. The van der Waals surface area contributed by atoms with Crippen LogP contribution in [0.4, 0.5) is 0 Å². The van der Waals surface area contributed by atoms with Crippen LogP contribution in [0.5, 0.6) is 0 Å². The van der Waals surface area contributed by atoms with E-state index in [0.717, 1.165) is 27.8 Å². The number of hydrogen-bond acceptors (Lipinski definition) is 1. The van der Waals surface area contributed by atoms with E-state index in [1.807, 2.05) is 12.1 Å². The molecule has 0 N–H and O–H groups in total. The maximum atomic E-state index is 10.7. The van der Waals surface area contributed by atoms with Crippen molar-refractivity contribution in [2.24, 2.45) is 0 Å². The highest BCUT2D eigenvalue weighted by Gasteiger charge is 2.43. The van der Waals surface area contributed by atoms with Crippen LogP contribution in [0.1, 0.15) is 5.56 Å². The fraction of sp³-hybridized carbons (Fsp3) is 0. The topological polar surface area (TPSA) is 28.7 Å². The first-order valence-corrected chi connectivity index (χ1v) is 17.6. The van der Waals surface area contributed by atoms with E-state index in [2.05, 4.69) is 180 Å². The van der Waals surface area contributed by atoms with Crippen molar-refractivity contribution in [2.45, 2.75) is 0 Å². The fourth-order valence-corrected chi connectivity index (χ4v) is 12.3. The van der Waals surface area contributed by atoms with E-state index in [4.69, 9.17) is 0 Å². The number of hydrogen-bond donors (Lipinski definition) is 0. The first-order chi connectivity index (χ1) is 22.8. The fourth-order valence-electron chi connectivity index (χ4n) is 7.34. The molecule has 8 rings (SSSR count). The minimum absolute atomic E-state index is 0.656. The third kappa shape index (κ3) is 4.23. The van der Waals surface area contributed by atoms with Gasteiger partial charge in [-0.25, -0.2) is 0 Å². The Morgan fingerprint density at radius 1 is 0.435 bits per heavy atom. The molecule has 0 unspecified atom stereocenters. The molecular formula is C43H30N2Si. The summed E-state index contributed by atoms with van der Waals surface area (Å²) in [7, 11) is -2.90. The Morgan fingerprint density at radius 2 is 0.891 bits per heavy atom. The van der Waals surface area contributed by atoms with Crippen LogP contribution in [-0.2, 0) is 0 Å². The Hall–Kier alpha value is -5.95. The van der Waals surface area contributed by atoms with Crippen LogP contribution in [0.2, 0.25) is 0 Å². The van der Waals surface area contributed by atoms with E-state index in [1.165, 1.54) is 31.5 Å². The molecule has 0 aliphatic heterocycles. The lowest BCUT2D eigenvalue weighted by molar-refractivity contribution is 1.18. The minimum Gasteiger partial charge on any atom is -0.309 e. The van der Waals surface area contributed by atoms with Gasteiger partial charge in [0.1, 0.15) is 0 Å². The molecule has 0 amide bonds. The zero-order valence-electron chi connectivity index (χ0n) is 25.2. The van der Waals surface area contributed by atoms with E-state index < -0.39 is 8.07 Å². The van der Waals surface area contributed by atoms with Crippen LogP contribution < -0.4 is 20.7 Å². The van der Waals surface area contributed by atoms with Crippen molar-refractivity contribution < 1.29 is 0 Å². The van der Waals surface area contributed by atoms with Gasteiger partial charge in [0.25, 0.3) is 0 Å². The van der Waals surface area contributed by atoms with E-state index >= 15 is 0 Å². The smallest absolute Gasteiger partial charge is 0.180 e. The lowest BCUT2D eigenvalue weighted by Crippen LogP contribution is -2.75. The number of benzene rings is 7. The molecule has 0 radical (unpaired) electrons. The standard InChI is InChI=1S/C43H30N2Si/c44-31-32-17-16-29-41(45-39-27-13-10-24-36(39)37-25-11-14-28-40(37)45)43(32)38-26-12-15-30-42(38)46(33-18-4-1-5-19-33,34-20-6-2-7-21-34)35-22-8-3-9-23-35/h1-30H. The summed E-state index contributed by atoms with van der Waals surface area (Å²) in [5, 5.41) is 18.3. The molecule has 2 nitrogen and oxygen atoms in total. The molecule has 1 heterocycles. The average molecular weight is 603 g/mol. The molecule has 8 aromatic rings. The van der Waals surface area contributed by atoms with Gasteiger partial charge in [-0.15, -0.1) is 0 Å². The maximum absolute atomic E-state index is 10.7. The molecule has 0 bridgehead atoms. The van der Waals surface area contributed by atoms with Gasteiger partial charge in [0, 0.05) is 16.3 Å². The lowest BCUT2D eigenvalue weighted by atomic mass is 9.97. The number of nitrogens with zero attached hydrogens (tertiary/aromatic N) is 2. The number of rotatable bonds is 6. The van der Waals surface area contributed by atoms with Crippen LogP contribution in [-0.4, -0.2) is 12.6 Å². The zero-order chi connectivity index (χ0) is 30.9. The summed E-state index contributed by atoms with van der Waals surface area (Å²) in [6, 6.07) is 67.6. The largest absolute Gasteiger partial charge is 0.309 e. The highest BCUT2D eigenvalue weighted by atomic mass is 28.3. The molecule has 0 aliphatic rings. The summed E-state index contributed by atoms with van der Waals surface area (Å²) in [6.07, 6.45) is 0. The molecular weight excluding hydrogens is 573 g/mol. The number of fused-ring (bicyclic) bond motifs is 3. The monoisotopic (exact) mass is 602 g/mol. The van der Waals surface area contributed by atoms with Crippen molar-refractivity contribution in [3.8, 4) is 22.9 Å². The van der Waals surface area contributed by atoms with E-state index in [1.54, 1.807) is 0 Å². The Labute approximate surface area is 270 Å². The molecule has 216 valence electrons. The van der Waals surface area contributed by atoms with Gasteiger partial charge in [-0.05, 0) is 50.6 Å². The van der Waals surface area contributed by atoms with Crippen molar-refractivity contribution in [3.63, 3.8) is 0 Å². The highest BCUT2D eigenvalue weighted by molar-refractivity contribution is 7.20. The molecule has 0 saturated carbocycles. The SMILES string of the molecule is N#Cc1cccc(-n2c3ccccc3c3ccccc32)c1-c1ccccc1[Si](c1ccccc1)(c1ccccc1)c1ccccc1. The number of nitriles is 1. The van der Waals surface area contributed by atoms with Crippen LogP contribution in [0, 0.1) is 11.3 Å². The minimum atomic E-state index is -2.90. The number of para-hydroxylation sites is 2. The molecule has 7 aromatic carbocycles. The van der Waals surface area contributed by atoms with Gasteiger partial charge in [-0.1, -0.05) is 158 Å². The van der Waals surface area contributed by atoms with Gasteiger partial charge in [0.05, 0.1) is 28.4 Å². The second-order valence-corrected chi connectivity index (χ2v) is 15.3. The quantitative estimate of drug-likeness (QED) is 0.142. The Kier molecular flexibility index (Phi) is 6.91. The molecule has 0 spiro atoms. The zero-order valence-corrected chi connectivity index (χ0v) is 26.2. The molecule has 0 fully saturated rings. The van der Waals surface area contributed by atoms with Gasteiger partial charge < -0.3 is 4.57 Å². The Balaban J connectivity index is 1.54. The van der Waals surface area contributed by atoms with Gasteiger partial charge >= 0.3 is 0 Å².